The zero-order valence-corrected chi connectivity index (χ0v) is 43.9. The first kappa shape index (κ1) is 59.9. The van der Waals surface area contributed by atoms with E-state index in [-0.39, 0.29) is 63.5 Å². The molecule has 5 rings (SSSR count). The Bertz CT molecular complexity index is 2200. The maximum absolute atomic E-state index is 14.6. The Hall–Kier alpha value is -7.02. The number of benzene rings is 2. The molecular formula is C52H78N14O10. The van der Waals surface area contributed by atoms with Gasteiger partial charge in [-0.15, -0.1) is 0 Å². The van der Waals surface area contributed by atoms with E-state index in [4.69, 9.17) is 22.9 Å². The van der Waals surface area contributed by atoms with E-state index < -0.39 is 146 Å². The second-order valence-electron chi connectivity index (χ2n) is 20.5. The van der Waals surface area contributed by atoms with E-state index in [0.29, 0.717) is 24.0 Å². The van der Waals surface area contributed by atoms with Crippen molar-refractivity contribution in [1.29, 1.82) is 0 Å². The van der Waals surface area contributed by atoms with Crippen molar-refractivity contribution in [3.63, 3.8) is 0 Å². The molecule has 3 aliphatic rings. The molecule has 16 N–H and O–H groups in total. The molecule has 3 fully saturated rings. The number of fused-ring (bicyclic) bond motifs is 2. The summed E-state index contributed by atoms with van der Waals surface area (Å²) in [4.78, 5) is 144. The van der Waals surface area contributed by atoms with Crippen LogP contribution >= 0.6 is 0 Å². The fourth-order valence-electron chi connectivity index (χ4n) is 9.61. The van der Waals surface area contributed by atoms with Crippen molar-refractivity contribution in [2.45, 2.75) is 139 Å². The Morgan fingerprint density at radius 2 is 0.658 bits per heavy atom. The van der Waals surface area contributed by atoms with Crippen molar-refractivity contribution >= 4 is 59.1 Å². The van der Waals surface area contributed by atoms with Crippen LogP contribution in [0.4, 0.5) is 0 Å². The Balaban J connectivity index is 1.52. The summed E-state index contributed by atoms with van der Waals surface area (Å²) in [5.74, 6) is -7.93. The van der Waals surface area contributed by atoms with Gasteiger partial charge in [-0.25, -0.2) is 0 Å². The molecule has 3 saturated heterocycles. The number of rotatable bonds is 12. The van der Waals surface area contributed by atoms with Gasteiger partial charge in [0.2, 0.25) is 59.1 Å². The molecule has 3 heterocycles. The second-order valence-corrected chi connectivity index (χ2v) is 20.5. The van der Waals surface area contributed by atoms with Crippen LogP contribution in [0.15, 0.2) is 60.7 Å². The summed E-state index contributed by atoms with van der Waals surface area (Å²) in [7, 11) is 0. The lowest BCUT2D eigenvalue weighted by molar-refractivity contribution is -0.143. The van der Waals surface area contributed by atoms with Gasteiger partial charge in [-0.1, -0.05) is 88.4 Å². The zero-order chi connectivity index (χ0) is 55.6. The minimum atomic E-state index is -1.42. The van der Waals surface area contributed by atoms with Gasteiger partial charge >= 0.3 is 0 Å². The van der Waals surface area contributed by atoms with Crippen LogP contribution in [0.3, 0.4) is 0 Å². The lowest BCUT2D eigenvalue weighted by atomic mass is 10.0. The first-order valence-corrected chi connectivity index (χ1v) is 26.2. The SMILES string of the molecule is CC(C)C[C@@H]1NC(=O)[C@H](CN)NC(=O)[C@@H]2CCCN2C(=O)[C@@H](Cc2ccccc2)NC(=O)[C@H](CN)NC(=O)[C@H](CC(C)C)NC(=O)[C@H](CN)NC(=O)[C@@H]2CCCN2C(=O)[C@@H](Cc2ccccc2)NC(=O)[C@H](CN)NC1=O. The summed E-state index contributed by atoms with van der Waals surface area (Å²) < 4.78 is 0. The maximum Gasteiger partial charge on any atom is 0.246 e. The third-order valence-electron chi connectivity index (χ3n) is 13.6. The molecule has 76 heavy (non-hydrogen) atoms. The van der Waals surface area contributed by atoms with Gasteiger partial charge in [-0.3, -0.25) is 47.9 Å². The fraction of sp³-hybridized carbons (Fsp3) is 0.577. The summed E-state index contributed by atoms with van der Waals surface area (Å²) in [6.45, 7) is 5.78. The van der Waals surface area contributed by atoms with Gasteiger partial charge in [-0.2, -0.15) is 0 Å². The van der Waals surface area contributed by atoms with Gasteiger partial charge in [0.1, 0.15) is 60.4 Å². The van der Waals surface area contributed by atoms with Crippen molar-refractivity contribution in [3.8, 4) is 0 Å². The quantitative estimate of drug-likeness (QED) is 0.0973. The van der Waals surface area contributed by atoms with Crippen molar-refractivity contribution in [2.24, 2.45) is 34.8 Å². The van der Waals surface area contributed by atoms with Gasteiger partial charge in [0.25, 0.3) is 0 Å². The van der Waals surface area contributed by atoms with Gasteiger partial charge < -0.3 is 75.3 Å². The van der Waals surface area contributed by atoms with E-state index in [1.807, 2.05) is 27.7 Å². The minimum absolute atomic E-state index is 0.0272. The number of carbonyl (C=O) groups excluding carboxylic acids is 10. The number of nitrogens with two attached hydrogens (primary N) is 4. The molecule has 24 nitrogen and oxygen atoms in total. The standard InChI is InChI=1S/C52H78N14O10/c1-29(2)21-33-43(67)61-37(25-53)47(71)59-35(23-31-13-7-5-8-14-31)51(75)66-20-12-18-42(66)50(74)64-40(28-56)46(70)58-34(22-30(3)4)44(68)62-38(26-54)48(72)60-36(24-32-15-9-6-10-16-32)52(76)65-19-11-17-41(65)49(73)63-39(27-55)45(69)57-33/h5-10,13-16,29-30,33-42H,11-12,17-28,53-56H2,1-4H3,(H,57,69)(H,58,70)(H,59,71)(H,60,72)(H,61,67)(H,62,68)(H,63,73)(H,64,74)/t33-,34-,35+,36+,37-,38-,39-,40-,41-,42-/m0/s1. The number of amides is 10. The van der Waals surface area contributed by atoms with E-state index in [2.05, 4.69) is 42.5 Å². The van der Waals surface area contributed by atoms with Crippen molar-refractivity contribution in [1.82, 2.24) is 52.3 Å². The van der Waals surface area contributed by atoms with Gasteiger partial charge in [0, 0.05) is 52.1 Å². The van der Waals surface area contributed by atoms with Gasteiger partial charge in [-0.05, 0) is 61.5 Å². The van der Waals surface area contributed by atoms with Crippen LogP contribution in [0.25, 0.3) is 0 Å². The molecule has 416 valence electrons. The molecule has 2 aromatic carbocycles. The highest BCUT2D eigenvalue weighted by Crippen LogP contribution is 2.22. The number of nitrogens with zero attached hydrogens (tertiary/aromatic N) is 2. The molecule has 2 aromatic rings. The maximum atomic E-state index is 14.6. The molecular weight excluding hydrogens is 981 g/mol. The molecule has 0 unspecified atom stereocenters. The summed E-state index contributed by atoms with van der Waals surface area (Å²) in [6.07, 6.45) is 1.27. The largest absolute Gasteiger partial charge is 0.342 e. The first-order chi connectivity index (χ1) is 36.3. The minimum Gasteiger partial charge on any atom is -0.342 e. The van der Waals surface area contributed by atoms with Crippen LogP contribution in [-0.2, 0) is 60.8 Å². The molecule has 0 saturated carbocycles. The lowest BCUT2D eigenvalue weighted by Gasteiger charge is -2.32. The van der Waals surface area contributed by atoms with Crippen molar-refractivity contribution in [2.75, 3.05) is 39.3 Å². The molecule has 0 radical (unpaired) electrons. The summed E-state index contributed by atoms with van der Waals surface area (Å²) in [5, 5.41) is 21.3. The summed E-state index contributed by atoms with van der Waals surface area (Å²) >= 11 is 0. The molecule has 24 heteroatoms. The van der Waals surface area contributed by atoms with E-state index >= 15 is 0 Å². The monoisotopic (exact) mass is 1060 g/mol. The highest BCUT2D eigenvalue weighted by molar-refractivity contribution is 6.00. The Kier molecular flexibility index (Phi) is 22.6. The van der Waals surface area contributed by atoms with Crippen LogP contribution in [0.1, 0.15) is 77.3 Å². The predicted molar refractivity (Wildman–Crippen MR) is 280 cm³/mol. The summed E-state index contributed by atoms with van der Waals surface area (Å²) in [5.41, 5.74) is 25.6. The van der Waals surface area contributed by atoms with E-state index in [0.717, 1.165) is 0 Å². The van der Waals surface area contributed by atoms with Crippen LogP contribution < -0.4 is 65.5 Å². The normalized spacial score (nSPS) is 27.6. The van der Waals surface area contributed by atoms with Crippen LogP contribution in [0.2, 0.25) is 0 Å². The number of carbonyl (C=O) groups is 10. The fourth-order valence-corrected chi connectivity index (χ4v) is 9.61. The smallest absolute Gasteiger partial charge is 0.246 e. The average molecular weight is 1060 g/mol. The topological polar surface area (TPSA) is 377 Å². The van der Waals surface area contributed by atoms with Crippen molar-refractivity contribution in [3.05, 3.63) is 71.8 Å². The van der Waals surface area contributed by atoms with E-state index in [9.17, 15) is 47.9 Å². The molecule has 0 bridgehead atoms. The van der Waals surface area contributed by atoms with E-state index in [1.54, 1.807) is 60.7 Å². The van der Waals surface area contributed by atoms with Gasteiger partial charge in [0.05, 0.1) is 0 Å². The third kappa shape index (κ3) is 16.5. The highest BCUT2D eigenvalue weighted by Gasteiger charge is 2.42. The van der Waals surface area contributed by atoms with Crippen LogP contribution in [0.5, 0.6) is 0 Å². The molecule has 0 aliphatic carbocycles. The van der Waals surface area contributed by atoms with Gasteiger partial charge in [0.15, 0.2) is 0 Å². The Labute approximate surface area is 443 Å². The van der Waals surface area contributed by atoms with Crippen LogP contribution in [-0.4, -0.2) is 169 Å². The number of hydrogen-bond donors (Lipinski definition) is 12. The molecule has 0 aromatic heterocycles. The molecule has 10 amide bonds. The zero-order valence-electron chi connectivity index (χ0n) is 43.9. The number of nitrogens with one attached hydrogen (secondary N) is 8. The molecule has 3 aliphatic heterocycles. The highest BCUT2D eigenvalue weighted by atomic mass is 16.2. The predicted octanol–water partition coefficient (Wildman–Crippen LogP) is -3.73. The first-order valence-electron chi connectivity index (χ1n) is 26.2. The van der Waals surface area contributed by atoms with E-state index in [1.165, 1.54) is 9.80 Å². The second kappa shape index (κ2) is 28.8. The molecule has 10 atom stereocenters. The molecule has 0 spiro atoms. The number of hydrogen-bond acceptors (Lipinski definition) is 14. The average Bonchev–Trinajstić information content (AvgIpc) is 4.10. The van der Waals surface area contributed by atoms with Crippen LogP contribution in [0, 0.1) is 11.8 Å². The Morgan fingerprint density at radius 3 is 0.947 bits per heavy atom. The summed E-state index contributed by atoms with van der Waals surface area (Å²) in [6, 6.07) is 4.67. The Morgan fingerprint density at radius 1 is 0.395 bits per heavy atom. The lowest BCUT2D eigenvalue weighted by Crippen LogP contribution is -2.63. The van der Waals surface area contributed by atoms with Crippen molar-refractivity contribution < 1.29 is 47.9 Å². The third-order valence-corrected chi connectivity index (χ3v) is 13.6.